The summed E-state index contributed by atoms with van der Waals surface area (Å²) in [5, 5.41) is 0. The number of nitrogens with two attached hydrogens (primary N) is 1. The molecule has 0 aromatic heterocycles. The van der Waals surface area contributed by atoms with Crippen LogP contribution in [0.5, 0.6) is 0 Å². The molecule has 0 aliphatic rings. The van der Waals surface area contributed by atoms with E-state index in [0.717, 1.165) is 11.3 Å². The molecule has 0 bridgehead atoms. The second kappa shape index (κ2) is 4.59. The summed E-state index contributed by atoms with van der Waals surface area (Å²) >= 11 is 0. The average molecular weight is 168 g/mol. The summed E-state index contributed by atoms with van der Waals surface area (Å²) < 4.78 is 0. The van der Waals surface area contributed by atoms with Crippen LogP contribution < -0.4 is 5.73 Å². The summed E-state index contributed by atoms with van der Waals surface area (Å²) in [6.45, 7) is 7.91. The van der Waals surface area contributed by atoms with Crippen LogP contribution in [-0.4, -0.2) is 24.4 Å². The summed E-state index contributed by atoms with van der Waals surface area (Å²) in [6.07, 6.45) is 1.94. The van der Waals surface area contributed by atoms with Crippen LogP contribution in [0.3, 0.4) is 0 Å². The molecule has 0 atom stereocenters. The van der Waals surface area contributed by atoms with Gasteiger partial charge in [0.1, 0.15) is 0 Å². The SMILES string of the molecule is C=C(/C(C)=C\C)N(C)CC(N)=O. The highest BCUT2D eigenvalue weighted by molar-refractivity contribution is 5.76. The van der Waals surface area contributed by atoms with Crippen molar-refractivity contribution >= 4 is 5.91 Å². The second-order valence-electron chi connectivity index (χ2n) is 2.74. The Hall–Kier alpha value is -1.25. The second-order valence-corrected chi connectivity index (χ2v) is 2.74. The quantitative estimate of drug-likeness (QED) is 0.633. The lowest BCUT2D eigenvalue weighted by molar-refractivity contribution is -0.118. The maximum atomic E-state index is 10.5. The zero-order chi connectivity index (χ0) is 9.72. The van der Waals surface area contributed by atoms with Crippen LogP contribution in [0.4, 0.5) is 0 Å². The fourth-order valence-corrected chi connectivity index (χ4v) is 0.797. The first-order chi connectivity index (χ1) is 5.49. The van der Waals surface area contributed by atoms with Gasteiger partial charge in [0.2, 0.25) is 5.91 Å². The highest BCUT2D eigenvalue weighted by Crippen LogP contribution is 2.09. The van der Waals surface area contributed by atoms with E-state index in [9.17, 15) is 4.79 Å². The molecule has 0 saturated carbocycles. The third-order valence-corrected chi connectivity index (χ3v) is 1.74. The van der Waals surface area contributed by atoms with Crippen molar-refractivity contribution in [2.45, 2.75) is 13.8 Å². The van der Waals surface area contributed by atoms with Crippen LogP contribution in [-0.2, 0) is 4.79 Å². The van der Waals surface area contributed by atoms with Gasteiger partial charge in [0, 0.05) is 12.7 Å². The monoisotopic (exact) mass is 168 g/mol. The molecule has 68 valence electrons. The molecule has 0 unspecified atom stereocenters. The Morgan fingerprint density at radius 1 is 1.67 bits per heavy atom. The fourth-order valence-electron chi connectivity index (χ4n) is 0.797. The average Bonchev–Trinajstić information content (AvgIpc) is 2.00. The van der Waals surface area contributed by atoms with E-state index in [1.807, 2.05) is 19.9 Å². The summed E-state index contributed by atoms with van der Waals surface area (Å²) in [6, 6.07) is 0. The first-order valence-corrected chi connectivity index (χ1v) is 3.80. The van der Waals surface area contributed by atoms with Crippen molar-refractivity contribution in [3.63, 3.8) is 0 Å². The molecule has 1 amide bonds. The highest BCUT2D eigenvalue weighted by Gasteiger charge is 2.05. The van der Waals surface area contributed by atoms with Crippen LogP contribution in [0.2, 0.25) is 0 Å². The molecular weight excluding hydrogens is 152 g/mol. The first-order valence-electron chi connectivity index (χ1n) is 3.80. The predicted octanol–water partition coefficient (Wildman–Crippen LogP) is 0.883. The number of hydrogen-bond acceptors (Lipinski definition) is 2. The molecule has 12 heavy (non-hydrogen) atoms. The lowest BCUT2D eigenvalue weighted by atomic mass is 10.2. The Morgan fingerprint density at radius 2 is 2.17 bits per heavy atom. The Morgan fingerprint density at radius 3 is 2.50 bits per heavy atom. The molecular formula is C9H16N2O. The van der Waals surface area contributed by atoms with E-state index in [2.05, 4.69) is 6.58 Å². The molecule has 0 aliphatic heterocycles. The van der Waals surface area contributed by atoms with Gasteiger partial charge in [-0.15, -0.1) is 0 Å². The summed E-state index contributed by atoms with van der Waals surface area (Å²) in [7, 11) is 1.79. The normalized spacial score (nSPS) is 11.1. The van der Waals surface area contributed by atoms with Gasteiger partial charge in [0.15, 0.2) is 0 Å². The van der Waals surface area contributed by atoms with Gasteiger partial charge in [-0.25, -0.2) is 0 Å². The molecule has 0 rings (SSSR count). The van der Waals surface area contributed by atoms with E-state index in [-0.39, 0.29) is 12.5 Å². The van der Waals surface area contributed by atoms with Crippen LogP contribution in [0.25, 0.3) is 0 Å². The van der Waals surface area contributed by atoms with Gasteiger partial charge < -0.3 is 10.6 Å². The number of nitrogens with zero attached hydrogens (tertiary/aromatic N) is 1. The predicted molar refractivity (Wildman–Crippen MR) is 50.4 cm³/mol. The minimum Gasteiger partial charge on any atom is -0.368 e. The number of carbonyl (C=O) groups is 1. The molecule has 3 nitrogen and oxygen atoms in total. The largest absolute Gasteiger partial charge is 0.368 e. The molecule has 0 aromatic rings. The van der Waals surface area contributed by atoms with Gasteiger partial charge in [-0.3, -0.25) is 4.79 Å². The number of carbonyl (C=O) groups excluding carboxylic acids is 1. The molecule has 2 N–H and O–H groups in total. The Balaban J connectivity index is 4.20. The van der Waals surface area contributed by atoms with Crippen molar-refractivity contribution in [1.82, 2.24) is 4.90 Å². The van der Waals surface area contributed by atoms with E-state index >= 15 is 0 Å². The summed E-state index contributed by atoms with van der Waals surface area (Å²) in [5.41, 5.74) is 6.92. The van der Waals surface area contributed by atoms with E-state index in [1.165, 1.54) is 0 Å². The highest BCUT2D eigenvalue weighted by atomic mass is 16.1. The minimum atomic E-state index is -0.345. The van der Waals surface area contributed by atoms with E-state index in [0.29, 0.717) is 0 Å². The molecule has 3 heteroatoms. The molecule has 0 aromatic carbocycles. The Kier molecular flexibility index (Phi) is 4.11. The van der Waals surface area contributed by atoms with Gasteiger partial charge in [0.25, 0.3) is 0 Å². The molecule has 0 spiro atoms. The van der Waals surface area contributed by atoms with Gasteiger partial charge in [-0.2, -0.15) is 0 Å². The van der Waals surface area contributed by atoms with Gasteiger partial charge in [0.05, 0.1) is 6.54 Å². The van der Waals surface area contributed by atoms with Crippen LogP contribution in [0.1, 0.15) is 13.8 Å². The molecule has 0 heterocycles. The van der Waals surface area contributed by atoms with Gasteiger partial charge >= 0.3 is 0 Å². The van der Waals surface area contributed by atoms with E-state index in [1.54, 1.807) is 11.9 Å². The number of allylic oxidation sites excluding steroid dienone is 2. The Labute approximate surface area is 73.5 Å². The molecule has 0 aliphatic carbocycles. The number of primary amides is 1. The third-order valence-electron chi connectivity index (χ3n) is 1.74. The minimum absolute atomic E-state index is 0.212. The van der Waals surface area contributed by atoms with E-state index in [4.69, 9.17) is 5.73 Å². The van der Waals surface area contributed by atoms with Gasteiger partial charge in [-0.05, 0) is 19.4 Å². The molecule has 0 radical (unpaired) electrons. The summed E-state index contributed by atoms with van der Waals surface area (Å²) in [4.78, 5) is 12.3. The third kappa shape index (κ3) is 3.23. The lowest BCUT2D eigenvalue weighted by Crippen LogP contribution is -2.30. The smallest absolute Gasteiger partial charge is 0.236 e. The fraction of sp³-hybridized carbons (Fsp3) is 0.444. The number of rotatable bonds is 4. The van der Waals surface area contributed by atoms with Crippen LogP contribution in [0.15, 0.2) is 23.9 Å². The van der Waals surface area contributed by atoms with Crippen molar-refractivity contribution in [3.8, 4) is 0 Å². The molecule has 0 fully saturated rings. The maximum absolute atomic E-state index is 10.5. The van der Waals surface area contributed by atoms with Crippen molar-refractivity contribution in [2.75, 3.05) is 13.6 Å². The lowest BCUT2D eigenvalue weighted by Gasteiger charge is -2.20. The van der Waals surface area contributed by atoms with Gasteiger partial charge in [-0.1, -0.05) is 12.7 Å². The Bertz CT molecular complexity index is 219. The van der Waals surface area contributed by atoms with Crippen molar-refractivity contribution in [3.05, 3.63) is 23.9 Å². The maximum Gasteiger partial charge on any atom is 0.236 e. The number of hydrogen-bond donors (Lipinski definition) is 1. The summed E-state index contributed by atoms with van der Waals surface area (Å²) in [5.74, 6) is -0.345. The molecule has 0 saturated heterocycles. The number of likely N-dealkylation sites (N-methyl/N-ethyl adjacent to an activating group) is 1. The zero-order valence-electron chi connectivity index (χ0n) is 7.92. The van der Waals surface area contributed by atoms with E-state index < -0.39 is 0 Å². The van der Waals surface area contributed by atoms with Crippen molar-refractivity contribution < 1.29 is 4.79 Å². The first kappa shape index (κ1) is 10.8. The van der Waals surface area contributed by atoms with Crippen LogP contribution in [0, 0.1) is 0 Å². The topological polar surface area (TPSA) is 46.3 Å². The van der Waals surface area contributed by atoms with Crippen molar-refractivity contribution in [1.29, 1.82) is 0 Å². The number of amides is 1. The van der Waals surface area contributed by atoms with Crippen LogP contribution >= 0.6 is 0 Å². The van der Waals surface area contributed by atoms with Crippen molar-refractivity contribution in [2.24, 2.45) is 5.73 Å². The zero-order valence-corrected chi connectivity index (χ0v) is 7.92. The standard InChI is InChI=1S/C9H16N2O/c1-5-7(2)8(3)11(4)6-9(10)12/h5H,3,6H2,1-2,4H3,(H2,10,12)/b7-5-.